The van der Waals surface area contributed by atoms with Gasteiger partial charge in [-0.15, -0.1) is 0 Å². The van der Waals surface area contributed by atoms with Crippen molar-refractivity contribution in [2.24, 2.45) is 0 Å². The van der Waals surface area contributed by atoms with Gasteiger partial charge in [-0.25, -0.2) is 0 Å². The lowest BCUT2D eigenvalue weighted by atomic mass is 9.88. The molecule has 0 aliphatic carbocycles. The van der Waals surface area contributed by atoms with Gasteiger partial charge in [0.1, 0.15) is 12.2 Å². The van der Waals surface area contributed by atoms with Gasteiger partial charge in [0.05, 0.1) is 51.2 Å². The number of nitrogens with one attached hydrogen (secondary N) is 2. The van der Waals surface area contributed by atoms with E-state index in [1.165, 1.54) is 6.92 Å². The van der Waals surface area contributed by atoms with Gasteiger partial charge < -0.3 is 30.0 Å². The Bertz CT molecular complexity index is 1070. The molecule has 4 rings (SSSR count). The summed E-state index contributed by atoms with van der Waals surface area (Å²) in [5.41, 5.74) is 3.13. The van der Waals surface area contributed by atoms with Crippen LogP contribution in [0.2, 0.25) is 0 Å². The minimum Gasteiger partial charge on any atom is -0.395 e. The van der Waals surface area contributed by atoms with Crippen molar-refractivity contribution in [3.63, 3.8) is 0 Å². The Morgan fingerprint density at radius 2 is 1.24 bits per heavy atom. The minimum absolute atomic E-state index is 0.170. The third kappa shape index (κ3) is 7.95. The van der Waals surface area contributed by atoms with Crippen molar-refractivity contribution in [3.8, 4) is 0 Å². The molecule has 5 atom stereocenters. The molecule has 0 aromatic heterocycles. The van der Waals surface area contributed by atoms with Crippen LogP contribution in [-0.4, -0.2) is 54.6 Å². The molecule has 1 saturated heterocycles. The highest BCUT2D eigenvalue weighted by molar-refractivity contribution is 5.73. The van der Waals surface area contributed by atoms with Crippen LogP contribution < -0.4 is 10.6 Å². The standard InChI is InChI=1S/C30H36N2O5/c1-22(34)31-28-26(17-33)32-27(21-35-18-23-11-5-2-6-12-23)29(36-19-24-13-7-3-8-14-24)30(28)37-20-25-15-9-4-10-16-25/h2-16,26-30,32-33H,17-21H2,1H3,(H,31,34)/t26-,27?,28?,29-,30?/m1/s1. The van der Waals surface area contributed by atoms with Crippen LogP contribution in [0.3, 0.4) is 0 Å². The first-order valence-electron chi connectivity index (χ1n) is 12.7. The number of ether oxygens (including phenoxy) is 3. The molecule has 1 aliphatic rings. The van der Waals surface area contributed by atoms with E-state index in [-0.39, 0.29) is 18.6 Å². The van der Waals surface area contributed by atoms with E-state index >= 15 is 0 Å². The Kier molecular flexibility index (Phi) is 10.2. The monoisotopic (exact) mass is 504 g/mol. The topological polar surface area (TPSA) is 89.1 Å². The molecule has 3 aromatic rings. The van der Waals surface area contributed by atoms with E-state index in [2.05, 4.69) is 10.6 Å². The van der Waals surface area contributed by atoms with E-state index in [0.717, 1.165) is 16.7 Å². The van der Waals surface area contributed by atoms with Crippen LogP contribution >= 0.6 is 0 Å². The van der Waals surface area contributed by atoms with Crippen LogP contribution in [0.4, 0.5) is 0 Å². The van der Waals surface area contributed by atoms with Gasteiger partial charge in [0.2, 0.25) is 5.91 Å². The molecule has 196 valence electrons. The number of benzene rings is 3. The molecule has 0 bridgehead atoms. The average Bonchev–Trinajstić information content (AvgIpc) is 2.93. The Hall–Kier alpha value is -3.07. The summed E-state index contributed by atoms with van der Waals surface area (Å²) in [5.74, 6) is -0.195. The highest BCUT2D eigenvalue weighted by Crippen LogP contribution is 2.25. The van der Waals surface area contributed by atoms with Gasteiger partial charge in [0, 0.05) is 6.92 Å². The van der Waals surface area contributed by atoms with E-state index in [9.17, 15) is 9.90 Å². The van der Waals surface area contributed by atoms with Crippen molar-refractivity contribution in [2.45, 2.75) is 57.1 Å². The largest absolute Gasteiger partial charge is 0.395 e. The van der Waals surface area contributed by atoms with Gasteiger partial charge >= 0.3 is 0 Å². The Labute approximate surface area is 218 Å². The van der Waals surface area contributed by atoms with Gasteiger partial charge in [0.15, 0.2) is 0 Å². The molecule has 0 radical (unpaired) electrons. The van der Waals surface area contributed by atoms with E-state index in [0.29, 0.717) is 26.4 Å². The highest BCUT2D eigenvalue weighted by atomic mass is 16.5. The quantitative estimate of drug-likeness (QED) is 0.351. The lowest BCUT2D eigenvalue weighted by Gasteiger charge is -2.47. The van der Waals surface area contributed by atoms with Crippen molar-refractivity contribution in [1.29, 1.82) is 0 Å². The minimum atomic E-state index is -0.517. The predicted molar refractivity (Wildman–Crippen MR) is 142 cm³/mol. The summed E-state index contributed by atoms with van der Waals surface area (Å²) in [4.78, 5) is 12.1. The van der Waals surface area contributed by atoms with Crippen molar-refractivity contribution >= 4 is 5.91 Å². The van der Waals surface area contributed by atoms with Crippen LogP contribution in [0.15, 0.2) is 91.0 Å². The summed E-state index contributed by atoms with van der Waals surface area (Å²) in [7, 11) is 0. The zero-order chi connectivity index (χ0) is 25.9. The van der Waals surface area contributed by atoms with Crippen LogP contribution in [0.5, 0.6) is 0 Å². The van der Waals surface area contributed by atoms with E-state index in [1.54, 1.807) is 0 Å². The number of aliphatic hydroxyl groups excluding tert-OH is 1. The summed E-state index contributed by atoms with van der Waals surface area (Å²) in [6.45, 7) is 2.84. The van der Waals surface area contributed by atoms with Crippen molar-refractivity contribution in [2.75, 3.05) is 13.2 Å². The van der Waals surface area contributed by atoms with E-state index < -0.39 is 24.3 Å². The zero-order valence-electron chi connectivity index (χ0n) is 21.2. The maximum atomic E-state index is 12.1. The molecule has 1 amide bonds. The molecule has 0 spiro atoms. The number of hydrogen-bond acceptors (Lipinski definition) is 6. The second-order valence-electron chi connectivity index (χ2n) is 9.31. The van der Waals surface area contributed by atoms with Crippen LogP contribution in [-0.2, 0) is 38.8 Å². The molecular formula is C30H36N2O5. The number of rotatable bonds is 12. The van der Waals surface area contributed by atoms with Crippen LogP contribution in [0, 0.1) is 0 Å². The highest BCUT2D eigenvalue weighted by Gasteiger charge is 2.46. The summed E-state index contributed by atoms with van der Waals surface area (Å²) < 4.78 is 19.0. The van der Waals surface area contributed by atoms with Gasteiger partial charge in [-0.1, -0.05) is 91.0 Å². The predicted octanol–water partition coefficient (Wildman–Crippen LogP) is 3.21. The number of aliphatic hydroxyl groups is 1. The number of carbonyl (C=O) groups excluding carboxylic acids is 1. The van der Waals surface area contributed by atoms with Crippen molar-refractivity contribution < 1.29 is 24.1 Å². The van der Waals surface area contributed by atoms with Crippen LogP contribution in [0.25, 0.3) is 0 Å². The molecule has 7 nitrogen and oxygen atoms in total. The molecule has 0 saturated carbocycles. The Balaban J connectivity index is 1.56. The van der Waals surface area contributed by atoms with Crippen molar-refractivity contribution in [3.05, 3.63) is 108 Å². The first-order valence-corrected chi connectivity index (χ1v) is 12.7. The zero-order valence-corrected chi connectivity index (χ0v) is 21.2. The number of amides is 1. The molecule has 3 N–H and O–H groups in total. The van der Waals surface area contributed by atoms with Crippen molar-refractivity contribution in [1.82, 2.24) is 10.6 Å². The number of hydrogen-bond donors (Lipinski definition) is 3. The smallest absolute Gasteiger partial charge is 0.217 e. The first kappa shape index (κ1) is 27.0. The fourth-order valence-corrected chi connectivity index (χ4v) is 4.68. The average molecular weight is 505 g/mol. The van der Waals surface area contributed by atoms with Gasteiger partial charge in [-0.05, 0) is 16.7 Å². The fourth-order valence-electron chi connectivity index (χ4n) is 4.68. The Morgan fingerprint density at radius 3 is 1.73 bits per heavy atom. The maximum absolute atomic E-state index is 12.1. The lowest BCUT2D eigenvalue weighted by molar-refractivity contribution is -0.152. The summed E-state index contributed by atoms with van der Waals surface area (Å²) in [6, 6.07) is 28.6. The second kappa shape index (κ2) is 14.0. The molecule has 7 heteroatoms. The molecular weight excluding hydrogens is 468 g/mol. The molecule has 37 heavy (non-hydrogen) atoms. The molecule has 3 aromatic carbocycles. The third-order valence-electron chi connectivity index (χ3n) is 6.48. The van der Waals surface area contributed by atoms with E-state index in [4.69, 9.17) is 14.2 Å². The third-order valence-corrected chi connectivity index (χ3v) is 6.48. The van der Waals surface area contributed by atoms with Gasteiger partial charge in [-0.3, -0.25) is 4.79 Å². The van der Waals surface area contributed by atoms with Gasteiger partial charge in [0.25, 0.3) is 0 Å². The fraction of sp³-hybridized carbons (Fsp3) is 0.367. The van der Waals surface area contributed by atoms with E-state index in [1.807, 2.05) is 91.0 Å². The SMILES string of the molecule is CC(=O)NC1C(OCc2ccccc2)[C@H](OCc2ccccc2)C(COCc2ccccc2)N[C@@H]1CO. The molecule has 1 heterocycles. The summed E-state index contributed by atoms with van der Waals surface area (Å²) in [5, 5.41) is 16.7. The molecule has 1 fully saturated rings. The first-order chi connectivity index (χ1) is 18.1. The number of carbonyl (C=O) groups is 1. The molecule has 1 aliphatic heterocycles. The molecule has 3 unspecified atom stereocenters. The normalized spacial score (nSPS) is 23.5. The van der Waals surface area contributed by atoms with Gasteiger partial charge in [-0.2, -0.15) is 0 Å². The lowest BCUT2D eigenvalue weighted by Crippen LogP contribution is -2.72. The maximum Gasteiger partial charge on any atom is 0.217 e. The summed E-state index contributed by atoms with van der Waals surface area (Å²) >= 11 is 0. The van der Waals surface area contributed by atoms with Crippen LogP contribution in [0.1, 0.15) is 23.6 Å². The second-order valence-corrected chi connectivity index (χ2v) is 9.31. The Morgan fingerprint density at radius 1 is 0.757 bits per heavy atom. The number of piperidine rings is 1. The summed E-state index contributed by atoms with van der Waals surface area (Å²) in [6.07, 6.45) is -0.962.